The van der Waals surface area contributed by atoms with Gasteiger partial charge >= 0.3 is 0 Å². The SMILES string of the molecule is CC1(C)CC1C(=O)NCc1cccc(C#N)c1. The van der Waals surface area contributed by atoms with Gasteiger partial charge in [0.1, 0.15) is 0 Å². The normalized spacial score (nSPS) is 20.4. The molecule has 0 aromatic heterocycles. The summed E-state index contributed by atoms with van der Waals surface area (Å²) in [7, 11) is 0. The van der Waals surface area contributed by atoms with Gasteiger partial charge in [-0.05, 0) is 29.5 Å². The zero-order valence-corrected chi connectivity index (χ0v) is 10.2. The molecule has 1 atom stereocenters. The first-order valence-electron chi connectivity index (χ1n) is 5.80. The molecule has 1 amide bonds. The molecular weight excluding hydrogens is 212 g/mol. The van der Waals surface area contributed by atoms with Gasteiger partial charge in [0, 0.05) is 12.5 Å². The maximum absolute atomic E-state index is 11.8. The van der Waals surface area contributed by atoms with E-state index in [1.165, 1.54) is 0 Å². The third-order valence-corrected chi connectivity index (χ3v) is 3.35. The Morgan fingerprint density at radius 1 is 1.59 bits per heavy atom. The molecule has 0 bridgehead atoms. The van der Waals surface area contributed by atoms with E-state index in [9.17, 15) is 4.79 Å². The molecule has 0 aliphatic heterocycles. The van der Waals surface area contributed by atoms with Crippen LogP contribution in [0.15, 0.2) is 24.3 Å². The molecule has 0 spiro atoms. The maximum atomic E-state index is 11.8. The van der Waals surface area contributed by atoms with Crippen LogP contribution >= 0.6 is 0 Å². The maximum Gasteiger partial charge on any atom is 0.223 e. The van der Waals surface area contributed by atoms with Gasteiger partial charge in [-0.1, -0.05) is 26.0 Å². The molecule has 17 heavy (non-hydrogen) atoms. The zero-order valence-electron chi connectivity index (χ0n) is 10.2. The van der Waals surface area contributed by atoms with Gasteiger partial charge in [-0.25, -0.2) is 0 Å². The van der Waals surface area contributed by atoms with E-state index in [2.05, 4.69) is 25.2 Å². The van der Waals surface area contributed by atoms with Crippen molar-refractivity contribution in [3.63, 3.8) is 0 Å². The molecule has 1 aromatic carbocycles. The van der Waals surface area contributed by atoms with Crippen molar-refractivity contribution < 1.29 is 4.79 Å². The zero-order chi connectivity index (χ0) is 12.5. The minimum Gasteiger partial charge on any atom is -0.352 e. The van der Waals surface area contributed by atoms with E-state index < -0.39 is 0 Å². The minimum atomic E-state index is 0.123. The third-order valence-electron chi connectivity index (χ3n) is 3.35. The second-order valence-electron chi connectivity index (χ2n) is 5.28. The lowest BCUT2D eigenvalue weighted by Gasteiger charge is -2.06. The number of carbonyl (C=O) groups excluding carboxylic acids is 1. The first kappa shape index (κ1) is 11.7. The van der Waals surface area contributed by atoms with Crippen LogP contribution in [0.5, 0.6) is 0 Å². The van der Waals surface area contributed by atoms with Crippen molar-refractivity contribution in [3.8, 4) is 6.07 Å². The number of rotatable bonds is 3. The van der Waals surface area contributed by atoms with Crippen molar-refractivity contribution in [1.29, 1.82) is 5.26 Å². The second kappa shape index (κ2) is 4.21. The van der Waals surface area contributed by atoms with Gasteiger partial charge < -0.3 is 5.32 Å². The van der Waals surface area contributed by atoms with Crippen LogP contribution in [0.2, 0.25) is 0 Å². The lowest BCUT2D eigenvalue weighted by atomic mass is 10.1. The Morgan fingerprint density at radius 2 is 2.29 bits per heavy atom. The summed E-state index contributed by atoms with van der Waals surface area (Å²) in [6.45, 7) is 4.71. The largest absolute Gasteiger partial charge is 0.352 e. The molecule has 1 saturated carbocycles. The number of benzene rings is 1. The number of hydrogen-bond acceptors (Lipinski definition) is 2. The lowest BCUT2D eigenvalue weighted by molar-refractivity contribution is -0.123. The number of nitrogens with one attached hydrogen (secondary N) is 1. The number of nitriles is 1. The van der Waals surface area contributed by atoms with Crippen LogP contribution in [0.4, 0.5) is 0 Å². The van der Waals surface area contributed by atoms with Crippen LogP contribution in [-0.4, -0.2) is 5.91 Å². The van der Waals surface area contributed by atoms with E-state index >= 15 is 0 Å². The molecule has 88 valence electrons. The summed E-state index contributed by atoms with van der Waals surface area (Å²) < 4.78 is 0. The van der Waals surface area contributed by atoms with E-state index in [4.69, 9.17) is 5.26 Å². The molecule has 3 heteroatoms. The van der Waals surface area contributed by atoms with E-state index in [1.807, 2.05) is 12.1 Å². The van der Waals surface area contributed by atoms with E-state index in [0.29, 0.717) is 12.1 Å². The van der Waals surface area contributed by atoms with Gasteiger partial charge in [-0.2, -0.15) is 5.26 Å². The van der Waals surface area contributed by atoms with Crippen LogP contribution in [0.1, 0.15) is 31.4 Å². The Balaban J connectivity index is 1.90. The smallest absolute Gasteiger partial charge is 0.223 e. The predicted molar refractivity (Wildman–Crippen MR) is 64.9 cm³/mol. The molecule has 1 aliphatic rings. The second-order valence-corrected chi connectivity index (χ2v) is 5.28. The predicted octanol–water partition coefficient (Wildman–Crippen LogP) is 2.22. The number of amides is 1. The summed E-state index contributed by atoms with van der Waals surface area (Å²) in [6, 6.07) is 9.40. The van der Waals surface area contributed by atoms with Crippen molar-refractivity contribution in [2.45, 2.75) is 26.8 Å². The van der Waals surface area contributed by atoms with Gasteiger partial charge in [0.25, 0.3) is 0 Å². The Bertz CT molecular complexity index is 485. The fourth-order valence-electron chi connectivity index (χ4n) is 1.98. The number of hydrogen-bond donors (Lipinski definition) is 1. The fraction of sp³-hybridized carbons (Fsp3) is 0.429. The van der Waals surface area contributed by atoms with Gasteiger partial charge in [-0.3, -0.25) is 4.79 Å². The van der Waals surface area contributed by atoms with Crippen molar-refractivity contribution in [2.75, 3.05) is 0 Å². The Labute approximate surface area is 101 Å². The van der Waals surface area contributed by atoms with Gasteiger partial charge in [0.15, 0.2) is 0 Å². The molecule has 0 radical (unpaired) electrons. The summed E-state index contributed by atoms with van der Waals surface area (Å²) in [4.78, 5) is 11.8. The van der Waals surface area contributed by atoms with Gasteiger partial charge in [-0.15, -0.1) is 0 Å². The highest BCUT2D eigenvalue weighted by atomic mass is 16.2. The molecule has 0 saturated heterocycles. The first-order chi connectivity index (χ1) is 8.03. The van der Waals surface area contributed by atoms with Gasteiger partial charge in [0.2, 0.25) is 5.91 Å². The molecule has 1 aliphatic carbocycles. The van der Waals surface area contributed by atoms with Crippen LogP contribution in [0.25, 0.3) is 0 Å². The Kier molecular flexibility index (Phi) is 2.89. The van der Waals surface area contributed by atoms with Gasteiger partial charge in [0.05, 0.1) is 11.6 Å². The topological polar surface area (TPSA) is 52.9 Å². The van der Waals surface area contributed by atoms with Crippen LogP contribution < -0.4 is 5.32 Å². The number of nitrogens with zero attached hydrogens (tertiary/aromatic N) is 1. The fourth-order valence-corrected chi connectivity index (χ4v) is 1.98. The average molecular weight is 228 g/mol. The minimum absolute atomic E-state index is 0.123. The van der Waals surface area contributed by atoms with E-state index in [1.54, 1.807) is 12.1 Å². The summed E-state index contributed by atoms with van der Waals surface area (Å²) >= 11 is 0. The highest BCUT2D eigenvalue weighted by Gasteiger charge is 2.50. The molecule has 1 N–H and O–H groups in total. The van der Waals surface area contributed by atoms with Crippen LogP contribution in [-0.2, 0) is 11.3 Å². The summed E-state index contributed by atoms with van der Waals surface area (Å²) in [6.07, 6.45) is 0.969. The third kappa shape index (κ3) is 2.65. The van der Waals surface area contributed by atoms with Crippen molar-refractivity contribution in [1.82, 2.24) is 5.32 Å². The van der Waals surface area contributed by atoms with Crippen molar-refractivity contribution in [3.05, 3.63) is 35.4 Å². The summed E-state index contributed by atoms with van der Waals surface area (Å²) in [5.74, 6) is 0.277. The molecular formula is C14H16N2O. The Hall–Kier alpha value is -1.82. The van der Waals surface area contributed by atoms with Crippen molar-refractivity contribution >= 4 is 5.91 Å². The van der Waals surface area contributed by atoms with Crippen LogP contribution in [0.3, 0.4) is 0 Å². The van der Waals surface area contributed by atoms with Crippen molar-refractivity contribution in [2.24, 2.45) is 11.3 Å². The van der Waals surface area contributed by atoms with E-state index in [0.717, 1.165) is 12.0 Å². The summed E-state index contributed by atoms with van der Waals surface area (Å²) in [5, 5.41) is 11.7. The summed E-state index contributed by atoms with van der Waals surface area (Å²) in [5.41, 5.74) is 1.76. The molecule has 0 heterocycles. The van der Waals surface area contributed by atoms with E-state index in [-0.39, 0.29) is 17.2 Å². The highest BCUT2D eigenvalue weighted by molar-refractivity contribution is 5.82. The number of carbonyl (C=O) groups is 1. The molecule has 1 unspecified atom stereocenters. The highest BCUT2D eigenvalue weighted by Crippen LogP contribution is 2.51. The lowest BCUT2D eigenvalue weighted by Crippen LogP contribution is -2.26. The Morgan fingerprint density at radius 3 is 2.88 bits per heavy atom. The average Bonchev–Trinajstić information content (AvgIpc) is 2.96. The van der Waals surface area contributed by atoms with Crippen LogP contribution in [0, 0.1) is 22.7 Å². The monoisotopic (exact) mass is 228 g/mol. The molecule has 2 rings (SSSR count). The molecule has 1 aromatic rings. The standard InChI is InChI=1S/C14H16N2O/c1-14(2)7-12(14)13(17)16-9-11-5-3-4-10(6-11)8-15/h3-6,12H,7,9H2,1-2H3,(H,16,17). The quantitative estimate of drug-likeness (QED) is 0.862. The molecule has 3 nitrogen and oxygen atoms in total. The molecule has 1 fully saturated rings. The first-order valence-corrected chi connectivity index (χ1v) is 5.80.